The van der Waals surface area contributed by atoms with Gasteiger partial charge in [0.25, 0.3) is 0 Å². The summed E-state index contributed by atoms with van der Waals surface area (Å²) in [5.74, 6) is 1.49. The third kappa shape index (κ3) is 4.08. The molecule has 0 radical (unpaired) electrons. The van der Waals surface area contributed by atoms with Gasteiger partial charge in [-0.1, -0.05) is 6.07 Å². The first-order valence-corrected chi connectivity index (χ1v) is 7.29. The molecule has 2 aromatic rings. The van der Waals surface area contributed by atoms with Crippen LogP contribution in [0, 0.1) is 11.6 Å². The minimum Gasteiger partial charge on any atom is -0.464 e. The molecule has 1 aromatic heterocycles. The van der Waals surface area contributed by atoms with Gasteiger partial charge in [-0.25, -0.2) is 8.78 Å². The van der Waals surface area contributed by atoms with E-state index in [0.717, 1.165) is 23.3 Å². The maximum absolute atomic E-state index is 13.4. The Morgan fingerprint density at radius 2 is 1.89 bits per heavy atom. The second kappa shape index (κ2) is 6.73. The predicted octanol–water partition coefficient (Wildman–Crippen LogP) is 3.71. The Kier molecular flexibility index (Phi) is 4.99. The summed E-state index contributed by atoms with van der Waals surface area (Å²) in [7, 11) is 0. The van der Waals surface area contributed by atoms with E-state index in [1.165, 1.54) is 12.1 Å². The van der Waals surface area contributed by atoms with Crippen LogP contribution in [0.2, 0.25) is 0 Å². The fraction of sp³-hybridized carbons (Fsp3) is 0.286. The normalized spacial score (nSPS) is 10.9. The summed E-state index contributed by atoms with van der Waals surface area (Å²) in [5, 5.41) is 3.07. The van der Waals surface area contributed by atoms with Crippen LogP contribution in [-0.2, 0) is 18.8 Å². The van der Waals surface area contributed by atoms with Crippen molar-refractivity contribution in [2.75, 3.05) is 6.26 Å². The lowest BCUT2D eigenvalue weighted by Crippen LogP contribution is -2.13. The third-order valence-electron chi connectivity index (χ3n) is 2.63. The monoisotopic (exact) mass is 283 g/mol. The molecular weight excluding hydrogens is 268 g/mol. The molecule has 2 nitrogen and oxygen atoms in total. The SMILES string of the molecule is CSCc1ccc(CNCc2ccc(F)cc2F)o1. The molecule has 0 aliphatic heterocycles. The number of thioether (sulfide) groups is 1. The highest BCUT2D eigenvalue weighted by atomic mass is 32.2. The quantitative estimate of drug-likeness (QED) is 0.875. The van der Waals surface area contributed by atoms with E-state index < -0.39 is 11.6 Å². The third-order valence-corrected chi connectivity index (χ3v) is 3.21. The van der Waals surface area contributed by atoms with Crippen molar-refractivity contribution >= 4 is 11.8 Å². The van der Waals surface area contributed by atoms with E-state index in [2.05, 4.69) is 5.32 Å². The highest BCUT2D eigenvalue weighted by Gasteiger charge is 2.05. The van der Waals surface area contributed by atoms with Gasteiger partial charge in [0.05, 0.1) is 12.3 Å². The van der Waals surface area contributed by atoms with E-state index in [4.69, 9.17) is 4.42 Å². The molecule has 102 valence electrons. The zero-order valence-electron chi connectivity index (χ0n) is 10.6. The van der Waals surface area contributed by atoms with E-state index in [0.29, 0.717) is 18.7 Å². The average Bonchev–Trinajstić information content (AvgIpc) is 2.80. The highest BCUT2D eigenvalue weighted by molar-refractivity contribution is 7.97. The fourth-order valence-corrected chi connectivity index (χ4v) is 2.16. The molecular formula is C14H15F2NOS. The number of furan rings is 1. The van der Waals surface area contributed by atoms with Crippen molar-refractivity contribution in [1.29, 1.82) is 0 Å². The van der Waals surface area contributed by atoms with E-state index >= 15 is 0 Å². The van der Waals surface area contributed by atoms with Crippen molar-refractivity contribution in [3.8, 4) is 0 Å². The van der Waals surface area contributed by atoms with Crippen LogP contribution in [0.1, 0.15) is 17.1 Å². The molecule has 0 saturated heterocycles. The summed E-state index contributed by atoms with van der Waals surface area (Å²) in [6.07, 6.45) is 2.01. The Morgan fingerprint density at radius 3 is 2.63 bits per heavy atom. The van der Waals surface area contributed by atoms with Gasteiger partial charge < -0.3 is 9.73 Å². The number of nitrogens with one attached hydrogen (secondary N) is 1. The van der Waals surface area contributed by atoms with Gasteiger partial charge in [0.2, 0.25) is 0 Å². The lowest BCUT2D eigenvalue weighted by Gasteiger charge is -2.04. The standard InChI is InChI=1S/C14H15F2NOS/c1-19-9-13-5-4-12(18-13)8-17-7-10-2-3-11(15)6-14(10)16/h2-6,17H,7-9H2,1H3. The fourth-order valence-electron chi connectivity index (χ4n) is 1.72. The number of halogens is 2. The molecule has 1 N–H and O–H groups in total. The first kappa shape index (κ1) is 14.1. The van der Waals surface area contributed by atoms with Gasteiger partial charge in [-0.3, -0.25) is 0 Å². The van der Waals surface area contributed by atoms with Gasteiger partial charge in [-0.05, 0) is 24.5 Å². The van der Waals surface area contributed by atoms with Crippen molar-refractivity contribution < 1.29 is 13.2 Å². The molecule has 0 fully saturated rings. The van der Waals surface area contributed by atoms with Gasteiger partial charge in [0.1, 0.15) is 23.2 Å². The molecule has 1 aromatic carbocycles. The molecule has 0 bridgehead atoms. The van der Waals surface area contributed by atoms with Crippen LogP contribution in [0.15, 0.2) is 34.7 Å². The number of benzene rings is 1. The maximum Gasteiger partial charge on any atom is 0.130 e. The maximum atomic E-state index is 13.4. The summed E-state index contributed by atoms with van der Waals surface area (Å²) < 4.78 is 31.7. The van der Waals surface area contributed by atoms with Crippen molar-refractivity contribution in [2.45, 2.75) is 18.8 Å². The molecule has 5 heteroatoms. The van der Waals surface area contributed by atoms with Crippen LogP contribution in [0.4, 0.5) is 8.78 Å². The van der Waals surface area contributed by atoms with Gasteiger partial charge in [0, 0.05) is 18.2 Å². The second-order valence-corrected chi connectivity index (χ2v) is 5.01. The van der Waals surface area contributed by atoms with E-state index in [1.807, 2.05) is 18.4 Å². The zero-order chi connectivity index (χ0) is 13.7. The van der Waals surface area contributed by atoms with Crippen LogP contribution in [0.3, 0.4) is 0 Å². The number of hydrogen-bond acceptors (Lipinski definition) is 3. The Labute approximate surface area is 115 Å². The molecule has 1 heterocycles. The van der Waals surface area contributed by atoms with Crippen molar-refractivity contribution in [1.82, 2.24) is 5.32 Å². The minimum absolute atomic E-state index is 0.338. The predicted molar refractivity (Wildman–Crippen MR) is 72.8 cm³/mol. The molecule has 19 heavy (non-hydrogen) atoms. The first-order chi connectivity index (χ1) is 9.19. The summed E-state index contributed by atoms with van der Waals surface area (Å²) in [6, 6.07) is 7.43. The Bertz CT molecular complexity index is 542. The molecule has 0 unspecified atom stereocenters. The van der Waals surface area contributed by atoms with Crippen LogP contribution in [-0.4, -0.2) is 6.26 Å². The van der Waals surface area contributed by atoms with Crippen LogP contribution < -0.4 is 5.32 Å². The van der Waals surface area contributed by atoms with Crippen molar-refractivity contribution in [2.24, 2.45) is 0 Å². The summed E-state index contributed by atoms with van der Waals surface area (Å²) in [5.41, 5.74) is 0.442. The molecule has 0 amide bonds. The smallest absolute Gasteiger partial charge is 0.130 e. The van der Waals surface area contributed by atoms with E-state index in [-0.39, 0.29) is 0 Å². The molecule has 2 rings (SSSR count). The van der Waals surface area contributed by atoms with Crippen LogP contribution >= 0.6 is 11.8 Å². The molecule has 0 atom stereocenters. The second-order valence-electron chi connectivity index (χ2n) is 4.14. The Balaban J connectivity index is 1.85. The lowest BCUT2D eigenvalue weighted by atomic mass is 10.2. The van der Waals surface area contributed by atoms with Gasteiger partial charge in [0.15, 0.2) is 0 Å². The molecule has 0 spiro atoms. The van der Waals surface area contributed by atoms with Gasteiger partial charge >= 0.3 is 0 Å². The van der Waals surface area contributed by atoms with Crippen molar-refractivity contribution in [3.05, 3.63) is 59.1 Å². The number of hydrogen-bond donors (Lipinski definition) is 1. The topological polar surface area (TPSA) is 25.2 Å². The Morgan fingerprint density at radius 1 is 1.11 bits per heavy atom. The lowest BCUT2D eigenvalue weighted by molar-refractivity contribution is 0.456. The van der Waals surface area contributed by atoms with E-state index in [9.17, 15) is 8.78 Å². The average molecular weight is 283 g/mol. The molecule has 0 aliphatic carbocycles. The van der Waals surface area contributed by atoms with Crippen molar-refractivity contribution in [3.63, 3.8) is 0 Å². The summed E-state index contributed by atoms with van der Waals surface area (Å²) in [6.45, 7) is 0.857. The van der Waals surface area contributed by atoms with Crippen LogP contribution in [0.25, 0.3) is 0 Å². The van der Waals surface area contributed by atoms with E-state index in [1.54, 1.807) is 11.8 Å². The van der Waals surface area contributed by atoms with Gasteiger partial charge in [-0.15, -0.1) is 0 Å². The molecule has 0 aliphatic rings. The van der Waals surface area contributed by atoms with Crippen LogP contribution in [0.5, 0.6) is 0 Å². The summed E-state index contributed by atoms with van der Waals surface area (Å²) >= 11 is 1.69. The largest absolute Gasteiger partial charge is 0.464 e. The summed E-state index contributed by atoms with van der Waals surface area (Å²) in [4.78, 5) is 0. The number of rotatable bonds is 6. The minimum atomic E-state index is -0.561. The highest BCUT2D eigenvalue weighted by Crippen LogP contribution is 2.14. The zero-order valence-corrected chi connectivity index (χ0v) is 11.4. The Hall–Kier alpha value is -1.33. The van der Waals surface area contributed by atoms with Gasteiger partial charge in [-0.2, -0.15) is 11.8 Å². The first-order valence-electron chi connectivity index (χ1n) is 5.90. The molecule has 0 saturated carbocycles.